The van der Waals surface area contributed by atoms with E-state index < -0.39 is 15.2 Å². The molecular formula is C9H11BrClNO2S. The molecule has 0 heterocycles. The minimum Gasteiger partial charge on any atom is -0.211 e. The van der Waals surface area contributed by atoms with Crippen molar-refractivity contribution in [3.8, 4) is 0 Å². The average molecular weight is 313 g/mol. The van der Waals surface area contributed by atoms with Crippen LogP contribution in [0, 0.1) is 0 Å². The van der Waals surface area contributed by atoms with Crippen LogP contribution in [0.1, 0.15) is 18.5 Å². The van der Waals surface area contributed by atoms with E-state index in [1.54, 1.807) is 6.92 Å². The maximum Gasteiger partial charge on any atom is 0.226 e. The Morgan fingerprint density at radius 1 is 1.47 bits per heavy atom. The van der Waals surface area contributed by atoms with Gasteiger partial charge in [0.2, 0.25) is 10.0 Å². The second-order valence-electron chi connectivity index (χ2n) is 3.08. The molecule has 1 aromatic carbocycles. The van der Waals surface area contributed by atoms with Gasteiger partial charge in [-0.2, -0.15) is 0 Å². The number of sulfonamides is 1. The highest BCUT2D eigenvalue weighted by atomic mass is 79.9. The SMILES string of the molecule is CC(NS(=O)(=O)CCl)c1ccccc1Br. The fraction of sp³-hybridized carbons (Fsp3) is 0.333. The van der Waals surface area contributed by atoms with Crippen molar-refractivity contribution < 1.29 is 8.42 Å². The topological polar surface area (TPSA) is 46.2 Å². The second kappa shape index (κ2) is 5.30. The van der Waals surface area contributed by atoms with Crippen molar-refractivity contribution in [2.75, 3.05) is 5.21 Å². The maximum atomic E-state index is 11.2. The van der Waals surface area contributed by atoms with Gasteiger partial charge in [-0.1, -0.05) is 34.1 Å². The van der Waals surface area contributed by atoms with Gasteiger partial charge in [0.05, 0.1) is 0 Å². The van der Waals surface area contributed by atoms with Gasteiger partial charge >= 0.3 is 0 Å². The zero-order valence-electron chi connectivity index (χ0n) is 8.07. The van der Waals surface area contributed by atoms with Gasteiger partial charge in [-0.25, -0.2) is 13.1 Å². The Hall–Kier alpha value is -0.100. The van der Waals surface area contributed by atoms with E-state index in [1.165, 1.54) is 0 Å². The minimum atomic E-state index is -3.39. The first-order chi connectivity index (χ1) is 6.96. The van der Waals surface area contributed by atoms with E-state index in [-0.39, 0.29) is 6.04 Å². The number of halogens is 2. The lowest BCUT2D eigenvalue weighted by molar-refractivity contribution is 0.571. The number of hydrogen-bond acceptors (Lipinski definition) is 2. The zero-order chi connectivity index (χ0) is 11.5. The molecule has 0 fully saturated rings. The van der Waals surface area contributed by atoms with Crippen molar-refractivity contribution in [2.24, 2.45) is 0 Å². The van der Waals surface area contributed by atoms with Gasteiger partial charge in [0, 0.05) is 10.5 Å². The standard InChI is InChI=1S/C9H11BrClNO2S/c1-7(12-15(13,14)6-11)8-4-2-3-5-9(8)10/h2-5,7,12H,6H2,1H3. The predicted molar refractivity (Wildman–Crippen MR) is 65.3 cm³/mol. The smallest absolute Gasteiger partial charge is 0.211 e. The number of alkyl halides is 1. The van der Waals surface area contributed by atoms with E-state index in [0.29, 0.717) is 0 Å². The molecule has 1 rings (SSSR count). The Labute approximate surface area is 103 Å². The molecule has 15 heavy (non-hydrogen) atoms. The van der Waals surface area contributed by atoms with E-state index in [9.17, 15) is 8.42 Å². The van der Waals surface area contributed by atoms with Crippen molar-refractivity contribution in [1.29, 1.82) is 0 Å². The van der Waals surface area contributed by atoms with Crippen LogP contribution in [0.4, 0.5) is 0 Å². The zero-order valence-corrected chi connectivity index (χ0v) is 11.2. The molecule has 0 saturated heterocycles. The third kappa shape index (κ3) is 3.75. The first kappa shape index (κ1) is 13.0. The molecule has 0 bridgehead atoms. The number of hydrogen-bond donors (Lipinski definition) is 1. The highest BCUT2D eigenvalue weighted by molar-refractivity contribution is 9.10. The number of benzene rings is 1. The molecule has 1 N–H and O–H groups in total. The van der Waals surface area contributed by atoms with Crippen LogP contribution in [0.5, 0.6) is 0 Å². The fourth-order valence-electron chi connectivity index (χ4n) is 1.19. The summed E-state index contributed by atoms with van der Waals surface area (Å²) in [5.41, 5.74) is 0.881. The van der Waals surface area contributed by atoms with Crippen molar-refractivity contribution >= 4 is 37.6 Å². The van der Waals surface area contributed by atoms with E-state index in [0.717, 1.165) is 10.0 Å². The normalized spacial score (nSPS) is 13.8. The Balaban J connectivity index is 2.87. The van der Waals surface area contributed by atoms with Crippen LogP contribution in [0.15, 0.2) is 28.7 Å². The van der Waals surface area contributed by atoms with Gasteiger partial charge in [-0.15, -0.1) is 11.6 Å². The first-order valence-electron chi connectivity index (χ1n) is 4.26. The molecule has 6 heteroatoms. The molecule has 3 nitrogen and oxygen atoms in total. The summed E-state index contributed by atoms with van der Waals surface area (Å²) in [6, 6.07) is 7.14. The van der Waals surface area contributed by atoms with Gasteiger partial charge < -0.3 is 0 Å². The lowest BCUT2D eigenvalue weighted by Crippen LogP contribution is -2.27. The Kier molecular flexibility index (Phi) is 4.58. The van der Waals surface area contributed by atoms with Crippen molar-refractivity contribution in [3.05, 3.63) is 34.3 Å². The molecule has 84 valence electrons. The van der Waals surface area contributed by atoms with Crippen LogP contribution in [0.2, 0.25) is 0 Å². The maximum absolute atomic E-state index is 11.2. The summed E-state index contributed by atoms with van der Waals surface area (Å²) in [5.74, 6) is 0. The second-order valence-corrected chi connectivity index (χ2v) is 6.28. The molecule has 0 aromatic heterocycles. The summed E-state index contributed by atoms with van der Waals surface area (Å²) in [6.45, 7) is 1.77. The predicted octanol–water partition coefficient (Wildman–Crippen LogP) is 2.63. The van der Waals surface area contributed by atoms with E-state index in [1.807, 2.05) is 24.3 Å². The highest BCUT2D eigenvalue weighted by Crippen LogP contribution is 2.23. The van der Waals surface area contributed by atoms with Crippen LogP contribution in [-0.2, 0) is 10.0 Å². The highest BCUT2D eigenvalue weighted by Gasteiger charge is 2.15. The third-order valence-electron chi connectivity index (χ3n) is 1.87. The van der Waals surface area contributed by atoms with Crippen LogP contribution in [-0.4, -0.2) is 13.6 Å². The lowest BCUT2D eigenvalue weighted by Gasteiger charge is -2.14. The molecular weight excluding hydrogens is 302 g/mol. The fourth-order valence-corrected chi connectivity index (χ4v) is 2.74. The van der Waals surface area contributed by atoms with E-state index in [2.05, 4.69) is 20.7 Å². The Bertz CT molecular complexity index is 435. The molecule has 0 radical (unpaired) electrons. The van der Waals surface area contributed by atoms with E-state index in [4.69, 9.17) is 11.6 Å². The molecule has 0 aliphatic carbocycles. The third-order valence-corrected chi connectivity index (χ3v) is 4.46. The summed E-state index contributed by atoms with van der Waals surface area (Å²) in [4.78, 5) is 0. The van der Waals surface area contributed by atoms with Crippen LogP contribution < -0.4 is 4.72 Å². The first-order valence-corrected chi connectivity index (χ1v) is 7.24. The van der Waals surface area contributed by atoms with Crippen LogP contribution in [0.3, 0.4) is 0 Å². The van der Waals surface area contributed by atoms with Crippen LogP contribution in [0.25, 0.3) is 0 Å². The molecule has 1 aromatic rings. The molecule has 0 spiro atoms. The van der Waals surface area contributed by atoms with Gasteiger partial charge in [0.25, 0.3) is 0 Å². The molecule has 1 atom stereocenters. The molecule has 0 aliphatic rings. The van der Waals surface area contributed by atoms with Gasteiger partial charge in [0.15, 0.2) is 0 Å². The summed E-state index contributed by atoms with van der Waals surface area (Å²) in [5, 5.41) is -0.429. The van der Waals surface area contributed by atoms with Crippen molar-refractivity contribution in [3.63, 3.8) is 0 Å². The van der Waals surface area contributed by atoms with Crippen molar-refractivity contribution in [1.82, 2.24) is 4.72 Å². The van der Waals surface area contributed by atoms with E-state index >= 15 is 0 Å². The van der Waals surface area contributed by atoms with Gasteiger partial charge in [-0.3, -0.25) is 0 Å². The number of nitrogens with one attached hydrogen (secondary N) is 1. The number of rotatable bonds is 4. The monoisotopic (exact) mass is 311 g/mol. The Morgan fingerprint density at radius 2 is 2.07 bits per heavy atom. The summed E-state index contributed by atoms with van der Waals surface area (Å²) in [6.07, 6.45) is 0. The summed E-state index contributed by atoms with van der Waals surface area (Å²) < 4.78 is 25.8. The van der Waals surface area contributed by atoms with Crippen molar-refractivity contribution in [2.45, 2.75) is 13.0 Å². The molecule has 0 amide bonds. The summed E-state index contributed by atoms with van der Waals surface area (Å²) in [7, 11) is -3.39. The Morgan fingerprint density at radius 3 is 2.60 bits per heavy atom. The minimum absolute atomic E-state index is 0.302. The lowest BCUT2D eigenvalue weighted by atomic mass is 10.1. The molecule has 0 saturated carbocycles. The summed E-state index contributed by atoms with van der Waals surface area (Å²) >= 11 is 8.66. The average Bonchev–Trinajstić information content (AvgIpc) is 2.17. The van der Waals surface area contributed by atoms with Gasteiger partial charge in [-0.05, 0) is 18.6 Å². The van der Waals surface area contributed by atoms with Gasteiger partial charge in [0.1, 0.15) is 5.21 Å². The van der Waals surface area contributed by atoms with Crippen LogP contribution >= 0.6 is 27.5 Å². The molecule has 0 aliphatic heterocycles. The molecule has 1 unspecified atom stereocenters. The quantitative estimate of drug-likeness (QED) is 0.869. The largest absolute Gasteiger partial charge is 0.226 e.